The molecule has 2 atom stereocenters. The van der Waals surface area contributed by atoms with Crippen molar-refractivity contribution in [1.82, 2.24) is 4.90 Å². The monoisotopic (exact) mass is 799 g/mol. The predicted octanol–water partition coefficient (Wildman–Crippen LogP) is 6.21. The van der Waals surface area contributed by atoms with E-state index in [4.69, 9.17) is 14.6 Å². The lowest BCUT2D eigenvalue weighted by atomic mass is 9.89. The number of rotatable bonds is 10. The summed E-state index contributed by atoms with van der Waals surface area (Å²) in [5.41, 5.74) is 0.473. The Morgan fingerprint density at radius 1 is 0.964 bits per heavy atom. The molecule has 4 aromatic rings. The Kier molecular flexibility index (Phi) is 12.9. The van der Waals surface area contributed by atoms with Gasteiger partial charge in [-0.25, -0.2) is 18.4 Å². The standard InChI is InChI=1S/C41H45N5O8S2/c1-43-25-21-36(40(56(42,51)52)55-33-12-7-4-8-13-33)45(37-34(39(48)54-29-28-43)14-9-15-35(37)46(49)50)38(47)31-16-18-32(19-17-31)44-26-23-41(53-2,24-27-44)22-20-30-10-5-3-6-11-30/h3-20,22,36,40H,21,23-29H2,1-2H3,(H2,42,51,52)/t36-,40?/m1/s1. The summed E-state index contributed by atoms with van der Waals surface area (Å²) in [4.78, 5) is 46.3. The molecular weight excluding hydrogens is 755 g/mol. The lowest BCUT2D eigenvalue weighted by molar-refractivity contribution is -0.384. The second-order valence-electron chi connectivity index (χ2n) is 13.8. The molecule has 1 fully saturated rings. The number of carbonyl (C=O) groups excluding carboxylic acids is 2. The Morgan fingerprint density at radius 2 is 1.62 bits per heavy atom. The van der Waals surface area contributed by atoms with Crippen molar-refractivity contribution in [3.8, 4) is 0 Å². The highest BCUT2D eigenvalue weighted by molar-refractivity contribution is 8.12. The highest BCUT2D eigenvalue weighted by Crippen LogP contribution is 2.41. The van der Waals surface area contributed by atoms with Crippen LogP contribution in [-0.4, -0.2) is 93.3 Å². The van der Waals surface area contributed by atoms with Crippen molar-refractivity contribution in [2.75, 3.05) is 56.7 Å². The summed E-state index contributed by atoms with van der Waals surface area (Å²) in [6.45, 7) is 1.88. The molecule has 13 nitrogen and oxygen atoms in total. The molecule has 0 spiro atoms. The number of nitrogens with zero attached hydrogens (tertiary/aromatic N) is 4. The van der Waals surface area contributed by atoms with Gasteiger partial charge in [-0.1, -0.05) is 66.7 Å². The Balaban J connectivity index is 1.39. The maximum Gasteiger partial charge on any atom is 0.340 e. The van der Waals surface area contributed by atoms with E-state index in [1.807, 2.05) is 35.2 Å². The predicted molar refractivity (Wildman–Crippen MR) is 218 cm³/mol. The molecule has 2 aliphatic heterocycles. The number of nitro benzene ring substituents is 1. The first-order valence-corrected chi connectivity index (χ1v) is 20.7. The Hall–Kier alpha value is -5.06. The number of fused-ring (bicyclic) bond motifs is 1. The minimum atomic E-state index is -4.45. The minimum Gasteiger partial charge on any atom is -0.461 e. The van der Waals surface area contributed by atoms with Gasteiger partial charge in [0.15, 0.2) is 0 Å². The topological polar surface area (TPSA) is 166 Å². The van der Waals surface area contributed by atoms with Gasteiger partial charge in [0.2, 0.25) is 10.0 Å². The van der Waals surface area contributed by atoms with Gasteiger partial charge < -0.3 is 19.3 Å². The summed E-state index contributed by atoms with van der Waals surface area (Å²) in [6, 6.07) is 28.1. The van der Waals surface area contributed by atoms with Gasteiger partial charge in [0, 0.05) is 55.5 Å². The Labute approximate surface area is 331 Å². The van der Waals surface area contributed by atoms with Gasteiger partial charge in [0.05, 0.1) is 22.1 Å². The number of amides is 1. The number of cyclic esters (lactones) is 1. The fraction of sp³-hybridized carbons (Fsp3) is 0.317. The number of esters is 1. The average Bonchev–Trinajstić information content (AvgIpc) is 3.23. The van der Waals surface area contributed by atoms with Crippen LogP contribution in [-0.2, 0) is 19.5 Å². The van der Waals surface area contributed by atoms with Gasteiger partial charge in [-0.05, 0) is 74.3 Å². The van der Waals surface area contributed by atoms with Crippen molar-refractivity contribution >= 4 is 56.8 Å². The zero-order valence-electron chi connectivity index (χ0n) is 31.2. The van der Waals surface area contributed by atoms with E-state index in [1.54, 1.807) is 68.8 Å². The molecule has 6 rings (SSSR count). The molecule has 0 radical (unpaired) electrons. The highest BCUT2D eigenvalue weighted by atomic mass is 32.3. The molecule has 56 heavy (non-hydrogen) atoms. The largest absolute Gasteiger partial charge is 0.461 e. The van der Waals surface area contributed by atoms with Crippen LogP contribution in [0.3, 0.4) is 0 Å². The van der Waals surface area contributed by atoms with Gasteiger partial charge >= 0.3 is 5.97 Å². The van der Waals surface area contributed by atoms with Crippen molar-refractivity contribution < 1.29 is 32.4 Å². The molecule has 2 heterocycles. The fourth-order valence-corrected chi connectivity index (χ4v) is 9.65. The van der Waals surface area contributed by atoms with E-state index in [0.29, 0.717) is 24.5 Å². The third-order valence-corrected chi connectivity index (χ3v) is 13.4. The van der Waals surface area contributed by atoms with E-state index in [2.05, 4.69) is 17.1 Å². The quantitative estimate of drug-likeness (QED) is 0.0840. The number of ether oxygens (including phenoxy) is 2. The first-order valence-electron chi connectivity index (χ1n) is 18.2. The number of piperidine rings is 1. The van der Waals surface area contributed by atoms with Crippen LogP contribution in [0.25, 0.3) is 6.08 Å². The molecule has 1 amide bonds. The number of primary sulfonamides is 1. The molecule has 2 aliphatic rings. The molecule has 0 bridgehead atoms. The van der Waals surface area contributed by atoms with E-state index < -0.39 is 48.7 Å². The fourth-order valence-electron chi connectivity index (χ4n) is 7.08. The number of hydrogen-bond donors (Lipinski definition) is 1. The lowest BCUT2D eigenvalue weighted by Crippen LogP contribution is -2.52. The molecule has 1 saturated heterocycles. The molecule has 294 valence electrons. The average molecular weight is 800 g/mol. The first kappa shape index (κ1) is 40.6. The van der Waals surface area contributed by atoms with E-state index in [1.165, 1.54) is 18.2 Å². The van der Waals surface area contributed by atoms with Crippen LogP contribution in [0, 0.1) is 10.1 Å². The maximum atomic E-state index is 15.0. The molecule has 2 N–H and O–H groups in total. The van der Waals surface area contributed by atoms with Crippen molar-refractivity contribution in [2.24, 2.45) is 5.14 Å². The number of methoxy groups -OCH3 is 1. The molecule has 0 aromatic heterocycles. The zero-order valence-corrected chi connectivity index (χ0v) is 32.9. The van der Waals surface area contributed by atoms with Crippen LogP contribution in [0.2, 0.25) is 0 Å². The van der Waals surface area contributed by atoms with Crippen LogP contribution in [0.5, 0.6) is 0 Å². The number of nitro groups is 1. The maximum absolute atomic E-state index is 15.0. The first-order chi connectivity index (χ1) is 26.9. The summed E-state index contributed by atoms with van der Waals surface area (Å²) in [6.07, 6.45) is 5.67. The van der Waals surface area contributed by atoms with E-state index in [-0.39, 0.29) is 36.4 Å². The summed E-state index contributed by atoms with van der Waals surface area (Å²) in [5, 5.41) is 18.6. The molecule has 4 aromatic carbocycles. The van der Waals surface area contributed by atoms with E-state index in [0.717, 1.165) is 40.8 Å². The SMILES string of the molecule is COC1(C=Cc2ccccc2)CCN(c2ccc(C(=O)N3c4c(cccc4[N+](=O)[O-])C(=O)OCCN(C)CC[C@@H]3C(Sc3ccccc3)S(N)(=O)=O)cc2)CC1. The van der Waals surface area contributed by atoms with Gasteiger partial charge in [-0.15, -0.1) is 11.8 Å². The van der Waals surface area contributed by atoms with E-state index in [9.17, 15) is 23.3 Å². The number of anilines is 2. The second kappa shape index (κ2) is 17.8. The number of para-hydroxylation sites is 1. The third kappa shape index (κ3) is 9.48. The Morgan fingerprint density at radius 3 is 2.25 bits per heavy atom. The number of hydrogen-bond acceptors (Lipinski definition) is 11. The van der Waals surface area contributed by atoms with Gasteiger partial charge in [0.25, 0.3) is 11.6 Å². The van der Waals surface area contributed by atoms with Crippen molar-refractivity contribution in [1.29, 1.82) is 0 Å². The number of thioether (sulfide) groups is 1. The van der Waals surface area contributed by atoms with Crippen molar-refractivity contribution in [2.45, 2.75) is 40.4 Å². The van der Waals surface area contributed by atoms with E-state index >= 15 is 4.79 Å². The lowest BCUT2D eigenvalue weighted by Gasteiger charge is -2.40. The number of nitrogens with two attached hydrogens (primary N) is 1. The number of likely N-dealkylation sites (N-methyl/N-ethyl adjacent to an activating group) is 1. The van der Waals surface area contributed by atoms with Gasteiger partial charge in [-0.3, -0.25) is 19.8 Å². The van der Waals surface area contributed by atoms with Crippen molar-refractivity contribution in [3.05, 3.63) is 136 Å². The molecule has 1 unspecified atom stereocenters. The molecule has 15 heteroatoms. The highest BCUT2D eigenvalue weighted by Gasteiger charge is 2.44. The normalized spacial score (nSPS) is 18.8. The summed E-state index contributed by atoms with van der Waals surface area (Å²) in [7, 11) is -0.956. The smallest absolute Gasteiger partial charge is 0.340 e. The number of sulfonamides is 1. The summed E-state index contributed by atoms with van der Waals surface area (Å²) >= 11 is 0.935. The summed E-state index contributed by atoms with van der Waals surface area (Å²) in [5.74, 6) is -1.62. The van der Waals surface area contributed by atoms with Crippen LogP contribution in [0.1, 0.15) is 45.5 Å². The summed E-state index contributed by atoms with van der Waals surface area (Å²) < 4.78 is 37.2. The zero-order chi connectivity index (χ0) is 39.9. The number of benzene rings is 4. The third-order valence-electron chi connectivity index (χ3n) is 10.2. The number of carbonyl (C=O) groups is 2. The Bertz CT molecular complexity index is 2150. The van der Waals surface area contributed by atoms with Crippen molar-refractivity contribution in [3.63, 3.8) is 0 Å². The molecule has 0 saturated carbocycles. The van der Waals surface area contributed by atoms with Gasteiger partial charge in [-0.2, -0.15) is 0 Å². The second-order valence-corrected chi connectivity index (χ2v) is 17.0. The minimum absolute atomic E-state index is 0.0275. The van der Waals surface area contributed by atoms with Crippen LogP contribution in [0.4, 0.5) is 17.1 Å². The van der Waals surface area contributed by atoms with Crippen LogP contribution in [0.15, 0.2) is 114 Å². The van der Waals surface area contributed by atoms with Gasteiger partial charge in [0.1, 0.15) is 16.9 Å². The molecular formula is C41H45N5O8S2. The van der Waals surface area contributed by atoms with Crippen LogP contribution < -0.4 is 14.9 Å². The van der Waals surface area contributed by atoms with Crippen LogP contribution >= 0.6 is 11.8 Å². The molecule has 0 aliphatic carbocycles.